The van der Waals surface area contributed by atoms with E-state index in [9.17, 15) is 19.2 Å². The number of hydrogen-bond acceptors (Lipinski definition) is 7. The van der Waals surface area contributed by atoms with Gasteiger partial charge in [0.15, 0.2) is 0 Å². The van der Waals surface area contributed by atoms with Crippen LogP contribution in [-0.2, 0) is 25.7 Å². The minimum atomic E-state index is -1.26. The van der Waals surface area contributed by atoms with Gasteiger partial charge in [0.25, 0.3) is 0 Å². The minimum Gasteiger partial charge on any atom is -0.478 e. The lowest BCUT2D eigenvalue weighted by Crippen LogP contribution is -2.29. The van der Waals surface area contributed by atoms with Crippen molar-refractivity contribution in [1.82, 2.24) is 19.6 Å². The van der Waals surface area contributed by atoms with E-state index >= 15 is 0 Å². The van der Waals surface area contributed by atoms with E-state index in [1.165, 1.54) is 42.5 Å². The zero-order valence-electron chi connectivity index (χ0n) is 21.9. The fraction of sp³-hybridized carbons (Fsp3) is 0.423. The van der Waals surface area contributed by atoms with Crippen LogP contribution in [-0.4, -0.2) is 105 Å². The number of piperidine rings is 1. The molecule has 0 radical (unpaired) electrons. The van der Waals surface area contributed by atoms with E-state index < -0.39 is 23.9 Å². The summed E-state index contributed by atoms with van der Waals surface area (Å²) >= 11 is 0. The van der Waals surface area contributed by atoms with Crippen molar-refractivity contribution >= 4 is 34.8 Å². The van der Waals surface area contributed by atoms with Crippen LogP contribution in [0.2, 0.25) is 0 Å². The number of carboxylic acid groups (broad SMARTS) is 4. The molecular formula is C26H36N4O8. The summed E-state index contributed by atoms with van der Waals surface area (Å²) < 4.78 is 2.23. The molecule has 2 aromatic rings. The summed E-state index contributed by atoms with van der Waals surface area (Å²) in [6.07, 6.45) is 5.84. The Kier molecular flexibility index (Phi) is 14.0. The highest BCUT2D eigenvalue weighted by Crippen LogP contribution is 2.32. The molecule has 1 saturated heterocycles. The van der Waals surface area contributed by atoms with E-state index in [4.69, 9.17) is 25.5 Å². The van der Waals surface area contributed by atoms with Gasteiger partial charge in [0.2, 0.25) is 0 Å². The second-order valence-electron chi connectivity index (χ2n) is 8.88. The summed E-state index contributed by atoms with van der Waals surface area (Å²) in [5.74, 6) is -4.41. The third kappa shape index (κ3) is 12.8. The van der Waals surface area contributed by atoms with Crippen LogP contribution in [0.25, 0.3) is 10.9 Å². The molecule has 1 aromatic heterocycles. The molecule has 1 aromatic carbocycles. The largest absolute Gasteiger partial charge is 0.478 e. The number of likely N-dealkylation sites (tertiary alicyclic amines) is 1. The fourth-order valence-electron chi connectivity index (χ4n) is 3.73. The molecule has 0 spiro atoms. The summed E-state index contributed by atoms with van der Waals surface area (Å²) in [5, 5.41) is 37.6. The molecule has 208 valence electrons. The summed E-state index contributed by atoms with van der Waals surface area (Å²) in [6, 6.07) is 8.74. The maximum absolute atomic E-state index is 9.55. The molecular weight excluding hydrogens is 496 g/mol. The van der Waals surface area contributed by atoms with Gasteiger partial charge in [0.05, 0.1) is 11.2 Å². The van der Waals surface area contributed by atoms with E-state index in [2.05, 4.69) is 59.9 Å². The predicted molar refractivity (Wildman–Crippen MR) is 141 cm³/mol. The Labute approximate surface area is 221 Å². The van der Waals surface area contributed by atoms with Gasteiger partial charge < -0.3 is 30.2 Å². The Morgan fingerprint density at radius 1 is 0.895 bits per heavy atom. The molecule has 1 aliphatic rings. The van der Waals surface area contributed by atoms with Crippen molar-refractivity contribution < 1.29 is 39.6 Å². The van der Waals surface area contributed by atoms with E-state index in [0.29, 0.717) is 30.2 Å². The number of hydrogen-bond donors (Lipinski definition) is 4. The normalized spacial score (nSPS) is 14.2. The molecule has 4 N–H and O–H groups in total. The van der Waals surface area contributed by atoms with Crippen molar-refractivity contribution in [1.29, 1.82) is 0 Å². The van der Waals surface area contributed by atoms with Crippen molar-refractivity contribution in [2.45, 2.75) is 31.7 Å². The zero-order chi connectivity index (χ0) is 28.7. The molecule has 38 heavy (non-hydrogen) atoms. The van der Waals surface area contributed by atoms with Gasteiger partial charge in [0, 0.05) is 42.2 Å². The highest BCUT2D eigenvalue weighted by atomic mass is 16.4. The molecule has 0 bridgehead atoms. The Balaban J connectivity index is 0.000000374. The Morgan fingerprint density at radius 2 is 1.37 bits per heavy atom. The number of carbonyl (C=O) groups is 4. The van der Waals surface area contributed by atoms with Gasteiger partial charge in [0.1, 0.15) is 0 Å². The van der Waals surface area contributed by atoms with Crippen molar-refractivity contribution in [2.75, 3.05) is 40.8 Å². The summed E-state index contributed by atoms with van der Waals surface area (Å²) in [7, 11) is 6.48. The monoisotopic (exact) mass is 532 g/mol. The third-order valence-electron chi connectivity index (χ3n) is 5.50. The number of aryl methyl sites for hydroxylation is 1. The molecule has 12 nitrogen and oxygen atoms in total. The second-order valence-corrected chi connectivity index (χ2v) is 8.88. The number of benzene rings is 1. The molecule has 12 heteroatoms. The van der Waals surface area contributed by atoms with Crippen LogP contribution in [0, 0.1) is 0 Å². The van der Waals surface area contributed by atoms with Crippen LogP contribution in [0.3, 0.4) is 0 Å². The SMILES string of the molecule is CN(C)CCCn1nc(C2CCN(C)CC2)c2ccccc21.O=C(O)C=CC(=O)O.O=C(O)C=CC(=O)O. The van der Waals surface area contributed by atoms with Crippen LogP contribution in [0.5, 0.6) is 0 Å². The number of nitrogens with zero attached hydrogens (tertiary/aromatic N) is 4. The predicted octanol–water partition coefficient (Wildman–Crippen LogP) is 2.22. The van der Waals surface area contributed by atoms with Crippen LogP contribution in [0.4, 0.5) is 0 Å². The average Bonchev–Trinajstić information content (AvgIpc) is 3.21. The molecule has 0 aliphatic carbocycles. The first-order valence-corrected chi connectivity index (χ1v) is 12.0. The third-order valence-corrected chi connectivity index (χ3v) is 5.50. The molecule has 0 atom stereocenters. The molecule has 1 aliphatic heterocycles. The number of aromatic nitrogens is 2. The van der Waals surface area contributed by atoms with Crippen LogP contribution in [0.15, 0.2) is 48.6 Å². The topological polar surface area (TPSA) is 174 Å². The van der Waals surface area contributed by atoms with Crippen LogP contribution in [0.1, 0.15) is 30.9 Å². The van der Waals surface area contributed by atoms with E-state index in [1.807, 2.05) is 0 Å². The lowest BCUT2D eigenvalue weighted by molar-refractivity contribution is -0.134. The number of aliphatic carboxylic acids is 4. The highest BCUT2D eigenvalue weighted by Gasteiger charge is 2.23. The van der Waals surface area contributed by atoms with Gasteiger partial charge in [-0.15, -0.1) is 0 Å². The quantitative estimate of drug-likeness (QED) is 0.349. The van der Waals surface area contributed by atoms with Gasteiger partial charge in [-0.3, -0.25) is 4.68 Å². The van der Waals surface area contributed by atoms with E-state index in [0.717, 1.165) is 19.5 Å². The van der Waals surface area contributed by atoms with Crippen molar-refractivity contribution in [2.24, 2.45) is 0 Å². The molecule has 2 heterocycles. The van der Waals surface area contributed by atoms with Gasteiger partial charge in [-0.25, -0.2) is 19.2 Å². The molecule has 0 amide bonds. The average molecular weight is 533 g/mol. The number of para-hydroxylation sites is 1. The summed E-state index contributed by atoms with van der Waals surface area (Å²) in [5.41, 5.74) is 2.63. The number of rotatable bonds is 9. The van der Waals surface area contributed by atoms with Gasteiger partial charge in [-0.1, -0.05) is 18.2 Å². The van der Waals surface area contributed by atoms with Crippen LogP contribution >= 0.6 is 0 Å². The number of carboxylic acids is 4. The molecule has 3 rings (SSSR count). The standard InChI is InChI=1S/C18H28N4.2C4H4O4/c1-20(2)11-6-12-22-17-8-5-4-7-16(17)18(19-22)15-9-13-21(3)14-10-15;2*5-3(6)1-2-4(7)8/h4-5,7-8,15H,6,9-14H2,1-3H3;2*1-2H,(H,5,6)(H,7,8). The zero-order valence-corrected chi connectivity index (χ0v) is 21.9. The fourth-order valence-corrected chi connectivity index (χ4v) is 3.73. The Bertz CT molecular complexity index is 1070. The van der Waals surface area contributed by atoms with Crippen molar-refractivity contribution in [3.05, 3.63) is 54.3 Å². The van der Waals surface area contributed by atoms with Gasteiger partial charge >= 0.3 is 23.9 Å². The smallest absolute Gasteiger partial charge is 0.328 e. The first-order valence-electron chi connectivity index (χ1n) is 12.0. The Hall–Kier alpha value is -4.03. The minimum absolute atomic E-state index is 0.558. The maximum Gasteiger partial charge on any atom is 0.328 e. The summed E-state index contributed by atoms with van der Waals surface area (Å²) in [4.78, 5) is 42.9. The van der Waals surface area contributed by atoms with Crippen molar-refractivity contribution in [3.8, 4) is 0 Å². The molecule has 1 fully saturated rings. The van der Waals surface area contributed by atoms with E-state index in [-0.39, 0.29) is 0 Å². The van der Waals surface area contributed by atoms with Gasteiger partial charge in [-0.2, -0.15) is 5.10 Å². The van der Waals surface area contributed by atoms with E-state index in [1.54, 1.807) is 0 Å². The van der Waals surface area contributed by atoms with Crippen LogP contribution < -0.4 is 0 Å². The van der Waals surface area contributed by atoms with Crippen molar-refractivity contribution in [3.63, 3.8) is 0 Å². The first-order chi connectivity index (χ1) is 17.9. The number of fused-ring (bicyclic) bond motifs is 1. The lowest BCUT2D eigenvalue weighted by atomic mass is 9.92. The summed E-state index contributed by atoms with van der Waals surface area (Å²) in [6.45, 7) is 4.49. The van der Waals surface area contributed by atoms with Gasteiger partial charge in [-0.05, 0) is 66.1 Å². The molecule has 0 saturated carbocycles. The lowest BCUT2D eigenvalue weighted by Gasteiger charge is -2.28. The first kappa shape index (κ1) is 32.0. The Morgan fingerprint density at radius 3 is 1.82 bits per heavy atom. The highest BCUT2D eigenvalue weighted by molar-refractivity contribution is 5.90. The second kappa shape index (κ2) is 16.7. The molecule has 0 unspecified atom stereocenters. The maximum atomic E-state index is 9.55.